The molecule has 5 aromatic rings. The number of hydrogen-bond donors (Lipinski definition) is 2. The highest BCUT2D eigenvalue weighted by Crippen LogP contribution is 2.35. The van der Waals surface area contributed by atoms with Crippen LogP contribution in [0.4, 0.5) is 0 Å². The molecule has 2 N–H and O–H groups in total. The van der Waals surface area contributed by atoms with Crippen LogP contribution in [-0.2, 0) is 11.3 Å². The molecule has 2 aromatic heterocycles. The summed E-state index contributed by atoms with van der Waals surface area (Å²) in [5.41, 5.74) is 4.61. The maximum atomic E-state index is 12.3. The molecule has 2 heterocycles. The number of carboxylic acid groups (broad SMARTS) is 1. The Labute approximate surface area is 236 Å². The number of thioether (sulfide) groups is 1. The SMILES string of the molecule is COc1ccc(Cl)cc1-c1nc(S/C(=C\c2c(C)n(Cc3ccc(Br)cc3)c3ccccc23)C(=O)O)n[nH]1. The first-order valence-corrected chi connectivity index (χ1v) is 13.5. The van der Waals surface area contributed by atoms with E-state index in [9.17, 15) is 9.90 Å². The molecule has 0 aliphatic carbocycles. The fraction of sp³-hybridized carbons (Fsp3) is 0.107. The van der Waals surface area contributed by atoms with Crippen LogP contribution in [0.5, 0.6) is 5.75 Å². The van der Waals surface area contributed by atoms with E-state index in [2.05, 4.69) is 47.8 Å². The number of ether oxygens (including phenoxy) is 1. The van der Waals surface area contributed by atoms with Gasteiger partial charge in [0.1, 0.15) is 10.7 Å². The van der Waals surface area contributed by atoms with Crippen molar-refractivity contribution >= 4 is 62.2 Å². The Morgan fingerprint density at radius 2 is 1.95 bits per heavy atom. The minimum atomic E-state index is -1.06. The van der Waals surface area contributed by atoms with Crippen LogP contribution >= 0.6 is 39.3 Å². The molecular formula is C28H22BrClN4O3S. The summed E-state index contributed by atoms with van der Waals surface area (Å²) in [7, 11) is 1.56. The van der Waals surface area contributed by atoms with Gasteiger partial charge in [-0.25, -0.2) is 9.78 Å². The van der Waals surface area contributed by atoms with E-state index >= 15 is 0 Å². The number of methoxy groups -OCH3 is 1. The number of halogens is 2. The molecule has 0 saturated carbocycles. The lowest BCUT2D eigenvalue weighted by molar-refractivity contribution is -0.131. The number of fused-ring (bicyclic) bond motifs is 1. The molecule has 0 amide bonds. The van der Waals surface area contributed by atoms with Gasteiger partial charge in [-0.15, -0.1) is 5.10 Å². The number of para-hydroxylation sites is 1. The molecular weight excluding hydrogens is 588 g/mol. The van der Waals surface area contributed by atoms with Crippen molar-refractivity contribution in [3.05, 3.63) is 98.0 Å². The Morgan fingerprint density at radius 3 is 2.68 bits per heavy atom. The molecule has 3 aromatic carbocycles. The Balaban J connectivity index is 1.51. The van der Waals surface area contributed by atoms with Gasteiger partial charge in [-0.2, -0.15) is 0 Å². The van der Waals surface area contributed by atoms with Crippen molar-refractivity contribution in [3.63, 3.8) is 0 Å². The number of carboxylic acids is 1. The summed E-state index contributed by atoms with van der Waals surface area (Å²) in [6, 6.07) is 21.3. The first kappa shape index (κ1) is 26.1. The van der Waals surface area contributed by atoms with Gasteiger partial charge in [0.05, 0.1) is 12.7 Å². The second-order valence-corrected chi connectivity index (χ2v) is 10.8. The molecule has 192 valence electrons. The van der Waals surface area contributed by atoms with Gasteiger partial charge >= 0.3 is 5.97 Å². The summed E-state index contributed by atoms with van der Waals surface area (Å²) in [4.78, 5) is 16.9. The maximum Gasteiger partial charge on any atom is 0.342 e. The molecule has 0 spiro atoms. The number of aromatic nitrogens is 4. The molecule has 0 bridgehead atoms. The summed E-state index contributed by atoms with van der Waals surface area (Å²) in [6.07, 6.45) is 1.69. The van der Waals surface area contributed by atoms with Crippen molar-refractivity contribution < 1.29 is 14.6 Å². The van der Waals surface area contributed by atoms with Gasteiger partial charge < -0.3 is 14.4 Å². The summed E-state index contributed by atoms with van der Waals surface area (Å²) in [5.74, 6) is -0.0602. The first-order chi connectivity index (χ1) is 18.3. The largest absolute Gasteiger partial charge is 0.496 e. The van der Waals surface area contributed by atoms with E-state index in [1.54, 1.807) is 31.4 Å². The zero-order valence-electron chi connectivity index (χ0n) is 20.4. The number of benzene rings is 3. The Hall–Kier alpha value is -3.53. The van der Waals surface area contributed by atoms with Crippen molar-refractivity contribution in [2.75, 3.05) is 7.11 Å². The fourth-order valence-electron chi connectivity index (χ4n) is 4.26. The lowest BCUT2D eigenvalue weighted by Crippen LogP contribution is -2.02. The van der Waals surface area contributed by atoms with E-state index in [-0.39, 0.29) is 10.1 Å². The molecule has 0 unspecified atom stereocenters. The van der Waals surface area contributed by atoms with E-state index in [0.29, 0.717) is 28.7 Å². The maximum absolute atomic E-state index is 12.3. The van der Waals surface area contributed by atoms with Crippen LogP contribution in [0.2, 0.25) is 5.02 Å². The lowest BCUT2D eigenvalue weighted by Gasteiger charge is -2.09. The molecule has 7 nitrogen and oxygen atoms in total. The van der Waals surface area contributed by atoms with Gasteiger partial charge in [-0.3, -0.25) is 5.10 Å². The number of hydrogen-bond acceptors (Lipinski definition) is 5. The second kappa shape index (κ2) is 11.1. The minimum Gasteiger partial charge on any atom is -0.496 e. The average Bonchev–Trinajstić information content (AvgIpc) is 3.48. The molecule has 0 atom stereocenters. The van der Waals surface area contributed by atoms with Crippen LogP contribution in [0, 0.1) is 6.92 Å². The van der Waals surface area contributed by atoms with Gasteiger partial charge in [0.15, 0.2) is 5.82 Å². The number of nitrogens with zero attached hydrogens (tertiary/aromatic N) is 3. The number of aliphatic carboxylic acids is 1. The first-order valence-electron chi connectivity index (χ1n) is 11.6. The van der Waals surface area contributed by atoms with Crippen LogP contribution in [0.1, 0.15) is 16.8 Å². The van der Waals surface area contributed by atoms with Crippen molar-refractivity contribution in [2.24, 2.45) is 0 Å². The minimum absolute atomic E-state index is 0.100. The highest BCUT2D eigenvalue weighted by atomic mass is 79.9. The van der Waals surface area contributed by atoms with Crippen molar-refractivity contribution in [2.45, 2.75) is 18.6 Å². The van der Waals surface area contributed by atoms with Crippen LogP contribution < -0.4 is 4.74 Å². The zero-order chi connectivity index (χ0) is 26.8. The predicted octanol–water partition coefficient (Wildman–Crippen LogP) is 7.43. The van der Waals surface area contributed by atoms with Gasteiger partial charge in [-0.05, 0) is 66.7 Å². The van der Waals surface area contributed by atoms with Gasteiger partial charge in [0.25, 0.3) is 0 Å². The normalized spacial score (nSPS) is 11.7. The zero-order valence-corrected chi connectivity index (χ0v) is 23.6. The lowest BCUT2D eigenvalue weighted by atomic mass is 10.1. The van der Waals surface area contributed by atoms with E-state index < -0.39 is 5.97 Å². The Morgan fingerprint density at radius 1 is 1.18 bits per heavy atom. The van der Waals surface area contributed by atoms with Crippen LogP contribution in [-0.4, -0.2) is 37.9 Å². The van der Waals surface area contributed by atoms with E-state index in [4.69, 9.17) is 16.3 Å². The van der Waals surface area contributed by atoms with Crippen LogP contribution in [0.3, 0.4) is 0 Å². The second-order valence-electron chi connectivity index (χ2n) is 8.46. The highest BCUT2D eigenvalue weighted by molar-refractivity contribution is 9.10. The summed E-state index contributed by atoms with van der Waals surface area (Å²) < 4.78 is 8.62. The molecule has 0 aliphatic heterocycles. The van der Waals surface area contributed by atoms with Crippen molar-refractivity contribution in [3.8, 4) is 17.1 Å². The molecule has 0 fully saturated rings. The third-order valence-corrected chi connectivity index (χ3v) is 7.74. The number of rotatable bonds is 8. The van der Waals surface area contributed by atoms with Crippen LogP contribution in [0.15, 0.2) is 81.3 Å². The van der Waals surface area contributed by atoms with Crippen LogP contribution in [0.25, 0.3) is 28.4 Å². The highest BCUT2D eigenvalue weighted by Gasteiger charge is 2.19. The number of nitrogens with one attached hydrogen (secondary N) is 1. The van der Waals surface area contributed by atoms with E-state index in [1.165, 1.54) is 0 Å². The van der Waals surface area contributed by atoms with Crippen molar-refractivity contribution in [1.29, 1.82) is 0 Å². The number of aromatic amines is 1. The number of H-pyrrole nitrogens is 1. The quantitative estimate of drug-likeness (QED) is 0.140. The third-order valence-electron chi connectivity index (χ3n) is 6.10. The third kappa shape index (κ3) is 5.36. The summed E-state index contributed by atoms with van der Waals surface area (Å²) >= 11 is 10.6. The molecule has 10 heteroatoms. The predicted molar refractivity (Wildman–Crippen MR) is 155 cm³/mol. The number of carbonyl (C=O) groups is 1. The molecule has 0 radical (unpaired) electrons. The van der Waals surface area contributed by atoms with Crippen molar-refractivity contribution in [1.82, 2.24) is 19.7 Å². The topological polar surface area (TPSA) is 93.0 Å². The monoisotopic (exact) mass is 608 g/mol. The van der Waals surface area contributed by atoms with Gasteiger partial charge in [-0.1, -0.05) is 57.9 Å². The summed E-state index contributed by atoms with van der Waals surface area (Å²) in [5, 5.41) is 18.9. The molecule has 0 aliphatic rings. The van der Waals surface area contributed by atoms with Gasteiger partial charge in [0, 0.05) is 38.2 Å². The molecule has 0 saturated heterocycles. The van der Waals surface area contributed by atoms with Gasteiger partial charge in [0.2, 0.25) is 5.16 Å². The van der Waals surface area contributed by atoms with E-state index in [0.717, 1.165) is 44.0 Å². The molecule has 5 rings (SSSR count). The van der Waals surface area contributed by atoms with E-state index in [1.807, 2.05) is 43.3 Å². The smallest absolute Gasteiger partial charge is 0.342 e. The Bertz CT molecular complexity index is 1680. The fourth-order valence-corrected chi connectivity index (χ4v) is 5.38. The average molecular weight is 610 g/mol. The molecule has 38 heavy (non-hydrogen) atoms. The standard InChI is InChI=1S/C28H22BrClN4O3S/c1-16-21(20-5-3-4-6-23(20)34(16)15-17-7-9-18(29)10-8-17)14-25(27(35)36)38-28-31-26(32-33-28)22-13-19(30)11-12-24(22)37-2/h3-14H,15H2,1-2H3,(H,35,36)(H,31,32,33)/b25-14-. The Kier molecular flexibility index (Phi) is 7.60. The summed E-state index contributed by atoms with van der Waals surface area (Å²) in [6.45, 7) is 2.67.